The van der Waals surface area contributed by atoms with Crippen LogP contribution in [0.2, 0.25) is 0 Å². The third kappa shape index (κ3) is 2.73. The highest BCUT2D eigenvalue weighted by Crippen LogP contribution is 2.36. The van der Waals surface area contributed by atoms with E-state index in [2.05, 4.69) is 0 Å². The fraction of sp³-hybridized carbons (Fsp3) is 0.917. The van der Waals surface area contributed by atoms with Gasteiger partial charge in [-0.2, -0.15) is 0 Å². The first-order chi connectivity index (χ1) is 7.72. The van der Waals surface area contributed by atoms with E-state index in [1.54, 1.807) is 0 Å². The Bertz CT molecular complexity index is 251. The molecule has 1 saturated carbocycles. The highest BCUT2D eigenvalue weighted by Gasteiger charge is 2.45. The molecular weight excluding hydrogens is 209 g/mol. The first kappa shape index (κ1) is 11.8. The zero-order chi connectivity index (χ0) is 11.5. The van der Waals surface area contributed by atoms with E-state index in [0.717, 1.165) is 39.1 Å². The van der Waals surface area contributed by atoms with Gasteiger partial charge in [0.1, 0.15) is 6.17 Å². The van der Waals surface area contributed by atoms with Crippen molar-refractivity contribution in [1.29, 1.82) is 0 Å². The maximum atomic E-state index is 12.8. The molecule has 0 aromatic carbocycles. The third-order valence-corrected chi connectivity index (χ3v) is 3.51. The van der Waals surface area contributed by atoms with Crippen molar-refractivity contribution in [2.75, 3.05) is 26.3 Å². The minimum Gasteiger partial charge on any atom is -0.381 e. The number of piperidine rings is 1. The van der Waals surface area contributed by atoms with E-state index in [1.807, 2.05) is 11.8 Å². The normalized spacial score (nSPS) is 30.5. The summed E-state index contributed by atoms with van der Waals surface area (Å²) < 4.78 is 18.1. The predicted molar refractivity (Wildman–Crippen MR) is 58.8 cm³/mol. The summed E-state index contributed by atoms with van der Waals surface area (Å²) in [5, 5.41) is 0. The van der Waals surface area contributed by atoms with Crippen LogP contribution in [-0.2, 0) is 9.53 Å². The molecule has 16 heavy (non-hydrogen) atoms. The van der Waals surface area contributed by atoms with Gasteiger partial charge < -0.3 is 9.64 Å². The molecule has 92 valence electrons. The van der Waals surface area contributed by atoms with Crippen LogP contribution < -0.4 is 0 Å². The molecule has 1 unspecified atom stereocenters. The van der Waals surface area contributed by atoms with Crippen LogP contribution in [0.1, 0.15) is 26.2 Å². The van der Waals surface area contributed by atoms with Gasteiger partial charge in [-0.05, 0) is 32.1 Å². The molecule has 0 aromatic rings. The van der Waals surface area contributed by atoms with Gasteiger partial charge in [-0.3, -0.25) is 4.79 Å². The Balaban J connectivity index is 1.70. The van der Waals surface area contributed by atoms with E-state index in [9.17, 15) is 9.18 Å². The van der Waals surface area contributed by atoms with E-state index in [1.165, 1.54) is 0 Å². The standard InChI is InChI=1S/C12H20FNO2/c1-2-16-8-9-3-5-14(6-4-9)12(15)10-7-11(10)13/h9-11H,2-8H2,1H3/t10?,11-/m1/s1. The topological polar surface area (TPSA) is 29.5 Å². The average Bonchev–Trinajstić information content (AvgIpc) is 3.03. The summed E-state index contributed by atoms with van der Waals surface area (Å²) in [6, 6.07) is 0. The second-order valence-electron chi connectivity index (χ2n) is 4.79. The fourth-order valence-electron chi connectivity index (χ4n) is 2.26. The van der Waals surface area contributed by atoms with E-state index in [-0.39, 0.29) is 11.8 Å². The number of likely N-dealkylation sites (tertiary alicyclic amines) is 1. The lowest BCUT2D eigenvalue weighted by Crippen LogP contribution is -2.40. The van der Waals surface area contributed by atoms with E-state index < -0.39 is 6.17 Å². The Morgan fingerprint density at radius 1 is 1.44 bits per heavy atom. The second kappa shape index (κ2) is 5.13. The number of halogens is 1. The summed E-state index contributed by atoms with van der Waals surface area (Å²) in [5.74, 6) is 0.287. The molecule has 2 fully saturated rings. The summed E-state index contributed by atoms with van der Waals surface area (Å²) >= 11 is 0. The number of hydrogen-bond acceptors (Lipinski definition) is 2. The quantitative estimate of drug-likeness (QED) is 0.733. The van der Waals surface area contributed by atoms with Gasteiger partial charge in [-0.15, -0.1) is 0 Å². The first-order valence-electron chi connectivity index (χ1n) is 6.23. The van der Waals surface area contributed by atoms with Crippen LogP contribution in [0.4, 0.5) is 4.39 Å². The van der Waals surface area contributed by atoms with E-state index in [4.69, 9.17) is 4.74 Å². The van der Waals surface area contributed by atoms with Gasteiger partial charge in [-0.25, -0.2) is 4.39 Å². The Morgan fingerprint density at radius 3 is 2.56 bits per heavy atom. The zero-order valence-corrected chi connectivity index (χ0v) is 9.82. The lowest BCUT2D eigenvalue weighted by Gasteiger charge is -2.31. The predicted octanol–water partition coefficient (Wildman–Crippen LogP) is 1.62. The Labute approximate surface area is 95.9 Å². The summed E-state index contributed by atoms with van der Waals surface area (Å²) in [4.78, 5) is 13.6. The van der Waals surface area contributed by atoms with E-state index >= 15 is 0 Å². The molecule has 0 aromatic heterocycles. The summed E-state index contributed by atoms with van der Waals surface area (Å²) in [6.07, 6.45) is 1.57. The lowest BCUT2D eigenvalue weighted by molar-refractivity contribution is -0.134. The number of amides is 1. The number of nitrogens with zero attached hydrogens (tertiary/aromatic N) is 1. The van der Waals surface area contributed by atoms with Crippen molar-refractivity contribution in [2.24, 2.45) is 11.8 Å². The molecule has 2 rings (SSSR count). The Morgan fingerprint density at radius 2 is 2.06 bits per heavy atom. The Kier molecular flexibility index (Phi) is 3.79. The van der Waals surface area contributed by atoms with Gasteiger partial charge in [-0.1, -0.05) is 0 Å². The molecule has 1 amide bonds. The number of alkyl halides is 1. The molecule has 2 atom stereocenters. The summed E-state index contributed by atoms with van der Waals surface area (Å²) in [5.41, 5.74) is 0. The molecule has 4 heteroatoms. The number of ether oxygens (including phenoxy) is 1. The molecule has 1 saturated heterocycles. The van der Waals surface area contributed by atoms with Gasteiger partial charge in [0, 0.05) is 26.3 Å². The maximum absolute atomic E-state index is 12.8. The highest BCUT2D eigenvalue weighted by molar-refractivity contribution is 5.82. The van der Waals surface area contributed by atoms with Crippen LogP contribution in [0.5, 0.6) is 0 Å². The van der Waals surface area contributed by atoms with Gasteiger partial charge in [0.25, 0.3) is 0 Å². The molecule has 2 aliphatic rings. The maximum Gasteiger partial charge on any atom is 0.228 e. The monoisotopic (exact) mass is 229 g/mol. The molecule has 1 aliphatic carbocycles. The molecular formula is C12H20FNO2. The molecule has 0 spiro atoms. The largest absolute Gasteiger partial charge is 0.381 e. The fourth-order valence-corrected chi connectivity index (χ4v) is 2.26. The van der Waals surface area contributed by atoms with Crippen molar-refractivity contribution in [2.45, 2.75) is 32.4 Å². The SMILES string of the molecule is CCOCC1CCN(C(=O)C2C[C@H]2F)CC1. The summed E-state index contributed by atoms with van der Waals surface area (Å²) in [7, 11) is 0. The molecule has 0 bridgehead atoms. The highest BCUT2D eigenvalue weighted by atomic mass is 19.1. The van der Waals surface area contributed by atoms with Crippen molar-refractivity contribution in [3.05, 3.63) is 0 Å². The van der Waals surface area contributed by atoms with Crippen LogP contribution in [0.25, 0.3) is 0 Å². The number of rotatable bonds is 4. The Hall–Kier alpha value is -0.640. The van der Waals surface area contributed by atoms with Crippen molar-refractivity contribution in [3.63, 3.8) is 0 Å². The number of carbonyl (C=O) groups is 1. The molecule has 1 heterocycles. The molecule has 3 nitrogen and oxygen atoms in total. The second-order valence-corrected chi connectivity index (χ2v) is 4.79. The van der Waals surface area contributed by atoms with E-state index in [0.29, 0.717) is 12.3 Å². The van der Waals surface area contributed by atoms with Crippen LogP contribution in [0.3, 0.4) is 0 Å². The number of carbonyl (C=O) groups excluding carboxylic acids is 1. The van der Waals surface area contributed by atoms with Gasteiger partial charge in [0.15, 0.2) is 0 Å². The van der Waals surface area contributed by atoms with Gasteiger partial charge in [0.2, 0.25) is 5.91 Å². The summed E-state index contributed by atoms with van der Waals surface area (Å²) in [6.45, 7) is 5.10. The van der Waals surface area contributed by atoms with Crippen LogP contribution in [-0.4, -0.2) is 43.3 Å². The number of hydrogen-bond donors (Lipinski definition) is 0. The average molecular weight is 229 g/mol. The molecule has 0 radical (unpaired) electrons. The van der Waals surface area contributed by atoms with Crippen molar-refractivity contribution in [3.8, 4) is 0 Å². The van der Waals surface area contributed by atoms with Crippen molar-refractivity contribution >= 4 is 5.91 Å². The smallest absolute Gasteiger partial charge is 0.228 e. The van der Waals surface area contributed by atoms with Crippen molar-refractivity contribution < 1.29 is 13.9 Å². The zero-order valence-electron chi connectivity index (χ0n) is 9.82. The van der Waals surface area contributed by atoms with Crippen LogP contribution >= 0.6 is 0 Å². The lowest BCUT2D eigenvalue weighted by atomic mass is 9.97. The van der Waals surface area contributed by atoms with Gasteiger partial charge in [0.05, 0.1) is 5.92 Å². The van der Waals surface area contributed by atoms with Crippen molar-refractivity contribution in [1.82, 2.24) is 4.90 Å². The molecule has 1 aliphatic heterocycles. The van der Waals surface area contributed by atoms with Crippen LogP contribution in [0, 0.1) is 11.8 Å². The minimum atomic E-state index is -0.867. The minimum absolute atomic E-state index is 0.0300. The van der Waals surface area contributed by atoms with Crippen LogP contribution in [0.15, 0.2) is 0 Å². The molecule has 0 N–H and O–H groups in total. The van der Waals surface area contributed by atoms with Gasteiger partial charge >= 0.3 is 0 Å². The first-order valence-corrected chi connectivity index (χ1v) is 6.23. The third-order valence-electron chi connectivity index (χ3n) is 3.51.